The number of hydrogen-bond donors (Lipinski definition) is 6. The Balaban J connectivity index is 0.000000206. The Morgan fingerprint density at radius 1 is 0.643 bits per heavy atom. The summed E-state index contributed by atoms with van der Waals surface area (Å²) < 4.78 is 60.1. The highest BCUT2D eigenvalue weighted by Crippen LogP contribution is 2.49. The highest BCUT2D eigenvalue weighted by Gasteiger charge is 2.45. The Morgan fingerprint density at radius 3 is 1.63 bits per heavy atom. The van der Waals surface area contributed by atoms with Crippen LogP contribution < -0.4 is 27.3 Å². The van der Waals surface area contributed by atoms with Crippen molar-refractivity contribution in [1.29, 1.82) is 0 Å². The number of para-hydroxylation sites is 2. The molecule has 6 N–H and O–H groups in total. The summed E-state index contributed by atoms with van der Waals surface area (Å²) in [6, 6.07) is 17.6. The van der Waals surface area contributed by atoms with Gasteiger partial charge in [-0.25, -0.2) is 28.3 Å². The molecule has 4 aromatic heterocycles. The number of amides is 3. The molecular weight excluding hydrogens is 1300 g/mol. The Labute approximate surface area is 582 Å². The van der Waals surface area contributed by atoms with E-state index >= 15 is 4.39 Å². The third kappa shape index (κ3) is 20.2. The van der Waals surface area contributed by atoms with Crippen LogP contribution in [0.4, 0.5) is 24.5 Å². The molecule has 0 radical (unpaired) electrons. The first-order chi connectivity index (χ1) is 47.0. The van der Waals surface area contributed by atoms with Gasteiger partial charge in [0.2, 0.25) is 17.7 Å². The first kappa shape index (κ1) is 75.3. The average molecular weight is 1400 g/mol. The molecular formula is C70H101F3N14O9S2. The van der Waals surface area contributed by atoms with Gasteiger partial charge >= 0.3 is 17.3 Å². The van der Waals surface area contributed by atoms with Crippen LogP contribution in [0.2, 0.25) is 0 Å². The second-order valence-corrected chi connectivity index (χ2v) is 30.1. The van der Waals surface area contributed by atoms with E-state index in [4.69, 9.17) is 10.8 Å². The molecule has 6 aliphatic heterocycles. The topological polar surface area (TPSA) is 261 Å². The average Bonchev–Trinajstić information content (AvgIpc) is 1.69. The zero-order valence-corrected chi connectivity index (χ0v) is 58.3. The number of likely N-dealkylation sites (tertiary alicyclic amines) is 1. The number of carbonyl (C=O) groups excluding carboxylic acids is 3. The van der Waals surface area contributed by atoms with Gasteiger partial charge in [0, 0.05) is 121 Å². The molecule has 538 valence electrons. The minimum absolute atomic E-state index is 0. The number of thioether (sulfide) groups is 2. The van der Waals surface area contributed by atoms with Crippen molar-refractivity contribution in [3.8, 4) is 0 Å². The normalized spacial score (nSPS) is 20.8. The molecule has 3 amide bonds. The maximum Gasteiger partial charge on any atom is 0.327 e. The number of H-pyrrole nitrogens is 2. The molecule has 4 atom stereocenters. The zero-order valence-electron chi connectivity index (χ0n) is 57.7. The van der Waals surface area contributed by atoms with E-state index in [0.717, 1.165) is 100 Å². The number of pyridine rings is 2. The first-order valence-corrected chi connectivity index (χ1v) is 35.6. The van der Waals surface area contributed by atoms with Crippen molar-refractivity contribution in [3.63, 3.8) is 0 Å². The van der Waals surface area contributed by atoms with E-state index < -0.39 is 34.4 Å². The molecule has 0 bridgehead atoms. The van der Waals surface area contributed by atoms with E-state index in [0.29, 0.717) is 101 Å². The van der Waals surface area contributed by atoms with Crippen LogP contribution in [0, 0.1) is 22.5 Å². The van der Waals surface area contributed by atoms with Crippen molar-refractivity contribution >= 4 is 80.9 Å². The predicted octanol–water partition coefficient (Wildman–Crippen LogP) is 9.53. The van der Waals surface area contributed by atoms with Crippen molar-refractivity contribution in [3.05, 3.63) is 117 Å². The molecule has 6 aromatic rings. The lowest BCUT2D eigenvalue weighted by Gasteiger charge is -2.33. The van der Waals surface area contributed by atoms with Crippen LogP contribution in [-0.2, 0) is 28.7 Å². The highest BCUT2D eigenvalue weighted by atomic mass is 32.2. The number of piperidine rings is 2. The van der Waals surface area contributed by atoms with Crippen LogP contribution in [0.5, 0.6) is 0 Å². The number of carboxylic acids is 1. The van der Waals surface area contributed by atoms with Crippen molar-refractivity contribution in [2.45, 2.75) is 134 Å². The summed E-state index contributed by atoms with van der Waals surface area (Å²) >= 11 is 2.75. The summed E-state index contributed by atoms with van der Waals surface area (Å²) in [5.41, 5.74) is 4.94. The summed E-state index contributed by atoms with van der Waals surface area (Å²) in [6.45, 7) is 25.6. The number of ether oxygens (including phenoxy) is 2. The third-order valence-corrected chi connectivity index (χ3v) is 21.2. The summed E-state index contributed by atoms with van der Waals surface area (Å²) in [5, 5.41) is 17.1. The van der Waals surface area contributed by atoms with Gasteiger partial charge < -0.3 is 50.2 Å². The molecule has 23 nitrogen and oxygen atoms in total. The summed E-state index contributed by atoms with van der Waals surface area (Å²) in [6.07, 6.45) is 8.04. The molecule has 6 fully saturated rings. The number of halogens is 3. The Bertz CT molecular complexity index is 3730. The van der Waals surface area contributed by atoms with Crippen LogP contribution in [0.1, 0.15) is 136 Å². The Hall–Kier alpha value is -6.95. The van der Waals surface area contributed by atoms with Gasteiger partial charge in [-0.15, -0.1) is 23.5 Å². The number of carbonyl (C=O) groups is 4. The number of aromatic nitrogens is 6. The number of hydrogen-bond acceptors (Lipinski definition) is 17. The van der Waals surface area contributed by atoms with E-state index in [1.165, 1.54) is 35.7 Å². The molecule has 10 heterocycles. The maximum atomic E-state index is 15.4. The standard InChI is InChI=1S/C34H46FN7O4S.C23H34FN3O4S.C11H14N4O.CH3F.CH4/c1-34(2,3)11-16-41-31(44)27(47-32(41)24-6-4-7-25(35)29(24)36-13-17-39-18-20-46-21-19-39)22-28(43)40-14-9-23(10-15-40)42-26-8-5-12-37-30(26)38-33(42)45;1-23(2,3)7-9-27-21(30)18(15-19(28)29)32-22(27)16-5-4-6-17(24)20(16)25-8-10-26-11-13-31-14-12-26;16-11-14-9-2-1-5-13-10(9)15(11)8-3-6-12-7-4-8;1-2;/h4-8,12,23,27,32,36H,9-11,13-22H2,1-3H3,(H,37,38,45);4-6,18,22,25H,7-15H2,1-3H3,(H,28,29);1-2,5,8,12H,3-4,6-7H2,(H,14,16);1H3;1H4/t27-,32?;18-,22?;;;/m11.../s1/i;;;1D;. The molecule has 2 unspecified atom stereocenters. The Kier molecular flexibility index (Phi) is 27.6. The number of imidazole rings is 2. The zero-order chi connectivity index (χ0) is 70.1. The van der Waals surface area contributed by atoms with Gasteiger partial charge in [-0.1, -0.05) is 73.2 Å². The van der Waals surface area contributed by atoms with Crippen LogP contribution in [0.25, 0.3) is 22.3 Å². The Morgan fingerprint density at radius 2 is 1.12 bits per heavy atom. The van der Waals surface area contributed by atoms with E-state index in [1.54, 1.807) is 38.6 Å². The van der Waals surface area contributed by atoms with Crippen molar-refractivity contribution in [2.75, 3.05) is 136 Å². The summed E-state index contributed by atoms with van der Waals surface area (Å²) in [4.78, 5) is 101. The SMILES string of the molecule is C.CC(C)(C)CCN1C(=O)[C@@H](CC(=O)N2CCC(n3c(=O)[nH]c4ncccc43)CC2)SC1c1cccc(F)c1NCCN1CCOCC1.CC(C)(C)CCN1C(=O)[C@@H](CC(=O)O)SC1c1cccc(F)c1NCCN1CCOCC1.O=c1[nH]c2cccnc2n1C1CCNCC1.[2H]CF. The highest BCUT2D eigenvalue weighted by molar-refractivity contribution is 8.01. The smallest absolute Gasteiger partial charge is 0.327 e. The van der Waals surface area contributed by atoms with E-state index in [9.17, 15) is 42.7 Å². The number of benzene rings is 2. The summed E-state index contributed by atoms with van der Waals surface area (Å²) in [5.74, 6) is -2.04. The van der Waals surface area contributed by atoms with Crippen LogP contribution in [0.3, 0.4) is 0 Å². The summed E-state index contributed by atoms with van der Waals surface area (Å²) in [7, 11) is -1.00. The van der Waals surface area contributed by atoms with Gasteiger partial charge in [0.1, 0.15) is 22.4 Å². The number of nitrogens with one attached hydrogen (secondary N) is 5. The number of anilines is 2. The third-order valence-electron chi connectivity index (χ3n) is 18.3. The number of fused-ring (bicyclic) bond motifs is 2. The lowest BCUT2D eigenvalue weighted by atomic mass is 9.92. The molecule has 2 aromatic carbocycles. The molecule has 98 heavy (non-hydrogen) atoms. The van der Waals surface area contributed by atoms with E-state index in [1.807, 2.05) is 46.2 Å². The molecule has 6 aliphatic rings. The molecule has 6 saturated heterocycles. The first-order valence-electron chi connectivity index (χ1n) is 34.5. The second-order valence-electron chi connectivity index (χ2n) is 27.5. The maximum absolute atomic E-state index is 15.4. The van der Waals surface area contributed by atoms with E-state index in [-0.39, 0.29) is 83.9 Å². The van der Waals surface area contributed by atoms with Gasteiger partial charge in [-0.3, -0.25) is 47.5 Å². The fourth-order valence-corrected chi connectivity index (χ4v) is 16.0. The lowest BCUT2D eigenvalue weighted by molar-refractivity contribution is -0.140. The number of aromatic amines is 2. The largest absolute Gasteiger partial charge is 0.481 e. The molecule has 0 aliphatic carbocycles. The van der Waals surface area contributed by atoms with Gasteiger partial charge in [0.05, 0.1) is 74.3 Å². The number of carboxylic acid groups (broad SMARTS) is 1. The van der Waals surface area contributed by atoms with Gasteiger partial charge in [-0.05, 0) is 98.8 Å². The molecule has 12 rings (SSSR count). The van der Waals surface area contributed by atoms with Gasteiger partial charge in [-0.2, -0.15) is 0 Å². The number of morpholine rings is 2. The molecule has 28 heteroatoms. The monoisotopic (exact) mass is 1400 g/mol. The fraction of sp³-hybridized carbons (Fsp3) is 0.600. The van der Waals surface area contributed by atoms with E-state index in [2.05, 4.69) is 87.2 Å². The van der Waals surface area contributed by atoms with Crippen LogP contribution >= 0.6 is 23.5 Å². The predicted molar refractivity (Wildman–Crippen MR) is 381 cm³/mol. The minimum atomic E-state index is -1.00. The second kappa shape index (κ2) is 35.9. The number of rotatable bonds is 20. The van der Waals surface area contributed by atoms with Crippen molar-refractivity contribution < 1.29 is 48.3 Å². The molecule has 0 saturated carbocycles. The minimum Gasteiger partial charge on any atom is -0.481 e. The number of aliphatic carboxylic acids is 1. The number of nitrogens with zero attached hydrogens (tertiary/aromatic N) is 9. The lowest BCUT2D eigenvalue weighted by Crippen LogP contribution is -2.42. The van der Waals surface area contributed by atoms with Crippen LogP contribution in [0.15, 0.2) is 82.6 Å². The quantitative estimate of drug-likeness (QED) is 0.0416. The number of alkyl halides is 1. The fourth-order valence-electron chi connectivity index (χ4n) is 13.0. The molecule has 0 spiro atoms. The van der Waals surface area contributed by atoms with Crippen molar-refractivity contribution in [1.82, 2.24) is 58.9 Å². The van der Waals surface area contributed by atoms with Crippen LogP contribution in [-0.4, -0.2) is 218 Å². The van der Waals surface area contributed by atoms with Crippen molar-refractivity contribution in [2.24, 2.45) is 10.8 Å². The van der Waals surface area contributed by atoms with Gasteiger partial charge in [0.25, 0.3) is 0 Å². The van der Waals surface area contributed by atoms with Gasteiger partial charge in [0.15, 0.2) is 11.3 Å².